The van der Waals surface area contributed by atoms with Crippen molar-refractivity contribution in [1.29, 1.82) is 0 Å². The second kappa shape index (κ2) is 10.3. The van der Waals surface area contributed by atoms with Gasteiger partial charge in [0.1, 0.15) is 0 Å². The molecule has 0 aromatic heterocycles. The summed E-state index contributed by atoms with van der Waals surface area (Å²) in [7, 11) is -5.11. The van der Waals surface area contributed by atoms with Crippen LogP contribution in [-0.2, 0) is 0 Å². The molecule has 0 amide bonds. The molecule has 0 aliphatic rings. The standard InChI is InChI=1S/Al.Ca.FH3O3Si.Sr.7H/c;;1-5(2,3)4;;;;;;;;/h;;2-4H;;;;;;;;. The summed E-state index contributed by atoms with van der Waals surface area (Å²) in [6, 6.07) is 0. The number of rotatable bonds is 0. The van der Waals surface area contributed by atoms with Gasteiger partial charge in [-0.25, -0.2) is 4.11 Å². The van der Waals surface area contributed by atoms with Crippen molar-refractivity contribution in [1.82, 2.24) is 0 Å². The zero-order chi connectivity index (χ0) is 4.50. The van der Waals surface area contributed by atoms with E-state index >= 15 is 0 Å². The van der Waals surface area contributed by atoms with Crippen LogP contribution >= 0.6 is 0 Å². The first-order valence-electron chi connectivity index (χ1n) is 0.860. The molecule has 0 aromatic rings. The van der Waals surface area contributed by atoms with Gasteiger partial charge < -0.3 is 14.4 Å². The van der Waals surface area contributed by atoms with E-state index in [2.05, 4.69) is 0 Å². The van der Waals surface area contributed by atoms with Crippen LogP contribution in [0.25, 0.3) is 0 Å². The van der Waals surface area contributed by atoms with Gasteiger partial charge in [0.15, 0.2) is 17.4 Å². The summed E-state index contributed by atoms with van der Waals surface area (Å²) in [5.41, 5.74) is 0. The summed E-state index contributed by atoms with van der Waals surface area (Å²) in [5.74, 6) is 0. The Hall–Kier alpha value is 3.30. The number of hydrogen-bond acceptors (Lipinski definition) is 3. The molecule has 8 heavy (non-hydrogen) atoms. The average molecular weight is 260 g/mol. The Morgan fingerprint density at radius 2 is 1.12 bits per heavy atom. The van der Waals surface area contributed by atoms with Crippen molar-refractivity contribution in [2.24, 2.45) is 0 Å². The van der Waals surface area contributed by atoms with Crippen molar-refractivity contribution in [2.75, 3.05) is 0 Å². The van der Waals surface area contributed by atoms with Crippen molar-refractivity contribution in [2.45, 2.75) is 0 Å². The van der Waals surface area contributed by atoms with Crippen molar-refractivity contribution in [3.63, 3.8) is 0 Å². The molecule has 8 heteroatoms. The minimum atomic E-state index is -5.11. The van der Waals surface area contributed by atoms with Crippen molar-refractivity contribution in [3.05, 3.63) is 0 Å². The van der Waals surface area contributed by atoms with Gasteiger partial charge in [-0.2, -0.15) is 0 Å². The zero-order valence-corrected chi connectivity index (χ0v) is 3.22. The molecular weight excluding hydrogens is 250 g/mol. The van der Waals surface area contributed by atoms with Crippen LogP contribution in [0.5, 0.6) is 0 Å². The normalized spacial score (nSPS) is 7.50. The minimum absolute atomic E-state index is 0. The first-order valence-corrected chi connectivity index (χ1v) is 2.58. The summed E-state index contributed by atoms with van der Waals surface area (Å²) >= 11 is 0. The van der Waals surface area contributed by atoms with E-state index in [0.717, 1.165) is 0 Å². The van der Waals surface area contributed by atoms with E-state index in [9.17, 15) is 4.11 Å². The van der Waals surface area contributed by atoms with Crippen LogP contribution in [0.3, 0.4) is 0 Å². The number of hydrogen-bond donors (Lipinski definition) is 3. The molecule has 0 radical (unpaired) electrons. The molecule has 0 saturated carbocycles. The van der Waals surface area contributed by atoms with Gasteiger partial charge in [-0.05, 0) is 0 Å². The van der Waals surface area contributed by atoms with E-state index in [4.69, 9.17) is 14.4 Å². The molecule has 0 saturated heterocycles. The van der Waals surface area contributed by atoms with Crippen LogP contribution in [0, 0.1) is 0 Å². The Bertz CT molecular complexity index is 34.8. The molecule has 0 unspecified atom stereocenters. The van der Waals surface area contributed by atoms with Crippen molar-refractivity contribution in [3.8, 4) is 0 Å². The maximum absolute atomic E-state index is 10.5. The fourth-order valence-electron chi connectivity index (χ4n) is 0. The van der Waals surface area contributed by atoms with Crippen LogP contribution < -0.4 is 0 Å². The molecular formula is H10AlCaFO3SiSr. The summed E-state index contributed by atoms with van der Waals surface area (Å²) in [5, 5.41) is 0. The molecule has 0 bridgehead atoms. The first kappa shape index (κ1) is 22.5. The van der Waals surface area contributed by atoms with Crippen LogP contribution in [0.1, 0.15) is 0 Å². The molecule has 0 heterocycles. The average Bonchev–Trinajstić information content (AvgIpc) is 0.722. The topological polar surface area (TPSA) is 60.7 Å². The fraction of sp³-hybridized carbons (Fsp3) is 0. The van der Waals surface area contributed by atoms with Crippen LogP contribution in [-0.4, -0.2) is 124 Å². The quantitative estimate of drug-likeness (QED) is 0.303. The maximum atomic E-state index is 10.5. The second-order valence-electron chi connectivity index (χ2n) is 0.554. The van der Waals surface area contributed by atoms with Crippen LogP contribution in [0.4, 0.5) is 4.11 Å². The van der Waals surface area contributed by atoms with Crippen LogP contribution in [0.15, 0.2) is 0 Å². The molecule has 0 aromatic carbocycles. The summed E-state index contributed by atoms with van der Waals surface area (Å²) in [6.07, 6.45) is 0. The third-order valence-corrected chi connectivity index (χ3v) is 0. The summed E-state index contributed by atoms with van der Waals surface area (Å²) < 4.78 is 10.5. The molecule has 0 rings (SSSR count). The van der Waals surface area contributed by atoms with E-state index in [1.165, 1.54) is 0 Å². The summed E-state index contributed by atoms with van der Waals surface area (Å²) in [4.78, 5) is 21.3. The SMILES string of the molecule is O[Si](O)(O)F.[AlH3].[CaH2].[SrH2]. The monoisotopic (exact) mass is 260 g/mol. The van der Waals surface area contributed by atoms with Gasteiger partial charge in [0.25, 0.3) is 0 Å². The Morgan fingerprint density at radius 3 is 1.12 bits per heavy atom. The Balaban J connectivity index is -0.0000000267. The van der Waals surface area contributed by atoms with E-state index in [-0.39, 0.29) is 101 Å². The van der Waals surface area contributed by atoms with Crippen molar-refractivity contribution < 1.29 is 18.5 Å². The van der Waals surface area contributed by atoms with E-state index in [1.54, 1.807) is 0 Å². The molecule has 46 valence electrons. The fourth-order valence-corrected chi connectivity index (χ4v) is 0. The first-order chi connectivity index (χ1) is 2.00. The van der Waals surface area contributed by atoms with Crippen molar-refractivity contribution >= 4 is 110 Å². The van der Waals surface area contributed by atoms with Gasteiger partial charge in [-0.1, -0.05) is 0 Å². The Kier molecular flexibility index (Phi) is 29.0. The predicted octanol–water partition coefficient (Wildman–Crippen LogP) is -4.65. The molecule has 0 spiro atoms. The molecule has 0 fully saturated rings. The zero-order valence-electron chi connectivity index (χ0n) is 2.22. The molecule has 3 N–H and O–H groups in total. The number of halogens is 1. The van der Waals surface area contributed by atoms with E-state index < -0.39 is 9.14 Å². The molecule has 0 aliphatic carbocycles. The van der Waals surface area contributed by atoms with Crippen LogP contribution in [0.2, 0.25) is 0 Å². The Labute approximate surface area is 125 Å². The van der Waals surface area contributed by atoms with E-state index in [1.807, 2.05) is 0 Å². The second-order valence-corrected chi connectivity index (χ2v) is 1.66. The van der Waals surface area contributed by atoms with E-state index in [0.29, 0.717) is 0 Å². The van der Waals surface area contributed by atoms with Gasteiger partial charge >= 0.3 is 92.4 Å². The van der Waals surface area contributed by atoms with Gasteiger partial charge in [-0.15, -0.1) is 0 Å². The predicted molar refractivity (Wildman–Crippen MR) is 40.5 cm³/mol. The third kappa shape index (κ3) is 58.8. The van der Waals surface area contributed by atoms with Gasteiger partial charge in [0.05, 0.1) is 0 Å². The molecule has 3 nitrogen and oxygen atoms in total. The third-order valence-electron chi connectivity index (χ3n) is 0. The van der Waals surface area contributed by atoms with Gasteiger partial charge in [0.2, 0.25) is 0 Å². The summed E-state index contributed by atoms with van der Waals surface area (Å²) in [6.45, 7) is 0. The molecule has 0 atom stereocenters. The van der Waals surface area contributed by atoms with Gasteiger partial charge in [-0.3, -0.25) is 0 Å². The Morgan fingerprint density at radius 1 is 1.12 bits per heavy atom. The molecule has 0 aliphatic heterocycles. The van der Waals surface area contributed by atoms with Gasteiger partial charge in [0, 0.05) is 0 Å².